The van der Waals surface area contributed by atoms with E-state index >= 15 is 0 Å². The molecule has 0 aliphatic rings. The van der Waals surface area contributed by atoms with Gasteiger partial charge in [-0.3, -0.25) is 0 Å². The number of nitrogens with one attached hydrogen (secondary N) is 2. The SMILES string of the molecule is CCCCOCCCNC(=NCc1cccc(CN(C)CC)c1)NCC. The highest BCUT2D eigenvalue weighted by atomic mass is 16.5. The van der Waals surface area contributed by atoms with Crippen molar-refractivity contribution in [3.8, 4) is 0 Å². The zero-order chi connectivity index (χ0) is 19.0. The van der Waals surface area contributed by atoms with Crippen LogP contribution in [0.2, 0.25) is 0 Å². The molecule has 5 nitrogen and oxygen atoms in total. The molecule has 0 aliphatic carbocycles. The van der Waals surface area contributed by atoms with Crippen LogP contribution in [-0.2, 0) is 17.8 Å². The number of benzene rings is 1. The van der Waals surface area contributed by atoms with E-state index < -0.39 is 0 Å². The van der Waals surface area contributed by atoms with Crippen molar-refractivity contribution in [2.24, 2.45) is 4.99 Å². The maximum absolute atomic E-state index is 5.59. The van der Waals surface area contributed by atoms with E-state index in [1.807, 2.05) is 0 Å². The van der Waals surface area contributed by atoms with Crippen LogP contribution < -0.4 is 10.6 Å². The van der Waals surface area contributed by atoms with Crippen molar-refractivity contribution in [1.82, 2.24) is 15.5 Å². The number of ether oxygens (including phenoxy) is 1. The predicted octanol–water partition coefficient (Wildman–Crippen LogP) is 3.40. The minimum absolute atomic E-state index is 0.687. The molecule has 0 aromatic heterocycles. The second-order valence-corrected chi connectivity index (χ2v) is 6.59. The second kappa shape index (κ2) is 14.6. The summed E-state index contributed by atoms with van der Waals surface area (Å²) in [7, 11) is 2.14. The number of rotatable bonds is 13. The highest BCUT2D eigenvalue weighted by molar-refractivity contribution is 5.79. The average Bonchev–Trinajstić information content (AvgIpc) is 2.65. The van der Waals surface area contributed by atoms with Crippen LogP contribution >= 0.6 is 0 Å². The molecule has 148 valence electrons. The Kier molecular flexibility index (Phi) is 12.6. The van der Waals surface area contributed by atoms with E-state index in [1.54, 1.807) is 0 Å². The number of guanidine groups is 1. The quantitative estimate of drug-likeness (QED) is 0.321. The number of aliphatic imine (C=N–C) groups is 1. The standard InChI is InChI=1S/C21H38N4O/c1-5-8-14-26-15-10-13-23-21(22-6-2)24-17-19-11-9-12-20(16-19)18-25(4)7-3/h9,11-12,16H,5-8,10,13-15,17-18H2,1-4H3,(H2,22,23,24). The van der Waals surface area contributed by atoms with Gasteiger partial charge in [-0.1, -0.05) is 44.5 Å². The lowest BCUT2D eigenvalue weighted by molar-refractivity contribution is 0.129. The van der Waals surface area contributed by atoms with Crippen LogP contribution in [0.5, 0.6) is 0 Å². The first-order valence-electron chi connectivity index (χ1n) is 10.1. The first-order valence-corrected chi connectivity index (χ1v) is 10.1. The van der Waals surface area contributed by atoms with Gasteiger partial charge in [0.25, 0.3) is 0 Å². The van der Waals surface area contributed by atoms with E-state index in [1.165, 1.54) is 17.5 Å². The average molecular weight is 363 g/mol. The van der Waals surface area contributed by atoms with Gasteiger partial charge in [0, 0.05) is 32.8 Å². The summed E-state index contributed by atoms with van der Waals surface area (Å²) in [6, 6.07) is 8.70. The maximum Gasteiger partial charge on any atom is 0.191 e. The minimum atomic E-state index is 0.687. The molecule has 0 radical (unpaired) electrons. The summed E-state index contributed by atoms with van der Waals surface area (Å²) < 4.78 is 5.59. The molecule has 1 rings (SSSR count). The van der Waals surface area contributed by atoms with Crippen LogP contribution in [0, 0.1) is 0 Å². The fraction of sp³-hybridized carbons (Fsp3) is 0.667. The van der Waals surface area contributed by atoms with Gasteiger partial charge in [0.15, 0.2) is 5.96 Å². The summed E-state index contributed by atoms with van der Waals surface area (Å²) >= 11 is 0. The first kappa shape index (κ1) is 22.5. The Morgan fingerprint density at radius 3 is 2.58 bits per heavy atom. The zero-order valence-electron chi connectivity index (χ0n) is 17.2. The van der Waals surface area contributed by atoms with Crippen LogP contribution in [0.15, 0.2) is 29.3 Å². The summed E-state index contributed by atoms with van der Waals surface area (Å²) in [4.78, 5) is 7.01. The van der Waals surface area contributed by atoms with Gasteiger partial charge in [-0.15, -0.1) is 0 Å². The van der Waals surface area contributed by atoms with Crippen LogP contribution in [-0.4, -0.2) is 50.8 Å². The molecular formula is C21H38N4O. The third-order valence-corrected chi connectivity index (χ3v) is 4.15. The number of nitrogens with zero attached hydrogens (tertiary/aromatic N) is 2. The van der Waals surface area contributed by atoms with E-state index in [4.69, 9.17) is 9.73 Å². The third kappa shape index (κ3) is 10.4. The molecule has 1 aromatic rings. The van der Waals surface area contributed by atoms with E-state index in [-0.39, 0.29) is 0 Å². The van der Waals surface area contributed by atoms with Gasteiger partial charge in [-0.05, 0) is 44.5 Å². The van der Waals surface area contributed by atoms with Crippen LogP contribution in [0.3, 0.4) is 0 Å². The molecule has 0 saturated heterocycles. The normalized spacial score (nSPS) is 11.8. The van der Waals surface area contributed by atoms with Crippen LogP contribution in [0.4, 0.5) is 0 Å². The molecule has 26 heavy (non-hydrogen) atoms. The molecule has 0 aliphatic heterocycles. The van der Waals surface area contributed by atoms with Crippen molar-refractivity contribution in [2.45, 2.75) is 53.1 Å². The highest BCUT2D eigenvalue weighted by Gasteiger charge is 2.01. The van der Waals surface area contributed by atoms with Crippen molar-refractivity contribution in [1.29, 1.82) is 0 Å². The van der Waals surface area contributed by atoms with E-state index in [9.17, 15) is 0 Å². The van der Waals surface area contributed by atoms with Gasteiger partial charge < -0.3 is 20.3 Å². The molecular weight excluding hydrogens is 324 g/mol. The minimum Gasteiger partial charge on any atom is -0.381 e. The van der Waals surface area contributed by atoms with Gasteiger partial charge in [-0.25, -0.2) is 4.99 Å². The van der Waals surface area contributed by atoms with Gasteiger partial charge in [0.1, 0.15) is 0 Å². The Bertz CT molecular complexity index is 505. The van der Waals surface area contributed by atoms with Crippen LogP contribution in [0.25, 0.3) is 0 Å². The van der Waals surface area contributed by atoms with Gasteiger partial charge >= 0.3 is 0 Å². The summed E-state index contributed by atoms with van der Waals surface area (Å²) in [6.45, 7) is 12.6. The monoisotopic (exact) mass is 362 g/mol. The Morgan fingerprint density at radius 2 is 1.85 bits per heavy atom. The number of hydrogen-bond donors (Lipinski definition) is 2. The zero-order valence-corrected chi connectivity index (χ0v) is 17.2. The lowest BCUT2D eigenvalue weighted by Gasteiger charge is -2.14. The Morgan fingerprint density at radius 1 is 1.08 bits per heavy atom. The van der Waals surface area contributed by atoms with Gasteiger partial charge in [0.05, 0.1) is 6.54 Å². The summed E-state index contributed by atoms with van der Waals surface area (Å²) in [5, 5.41) is 6.70. The second-order valence-electron chi connectivity index (χ2n) is 6.59. The topological polar surface area (TPSA) is 48.9 Å². The first-order chi connectivity index (χ1) is 12.7. The lowest BCUT2D eigenvalue weighted by Crippen LogP contribution is -2.38. The van der Waals surface area contributed by atoms with E-state index in [2.05, 4.69) is 67.6 Å². The van der Waals surface area contributed by atoms with Crippen molar-refractivity contribution < 1.29 is 4.74 Å². The molecule has 5 heteroatoms. The summed E-state index contributed by atoms with van der Waals surface area (Å²) in [5.74, 6) is 0.872. The van der Waals surface area contributed by atoms with Crippen molar-refractivity contribution in [3.05, 3.63) is 35.4 Å². The van der Waals surface area contributed by atoms with Crippen LogP contribution in [0.1, 0.15) is 51.2 Å². The lowest BCUT2D eigenvalue weighted by atomic mass is 10.1. The van der Waals surface area contributed by atoms with Crippen molar-refractivity contribution in [3.63, 3.8) is 0 Å². The number of unbranched alkanes of at least 4 members (excludes halogenated alkanes) is 1. The number of hydrogen-bond acceptors (Lipinski definition) is 3. The van der Waals surface area contributed by atoms with Gasteiger partial charge in [-0.2, -0.15) is 0 Å². The molecule has 0 amide bonds. The Balaban J connectivity index is 2.44. The summed E-state index contributed by atoms with van der Waals surface area (Å²) in [5.41, 5.74) is 2.58. The fourth-order valence-corrected chi connectivity index (χ4v) is 2.49. The Labute approximate surface area is 160 Å². The smallest absolute Gasteiger partial charge is 0.191 e. The molecule has 0 saturated carbocycles. The maximum atomic E-state index is 5.59. The summed E-state index contributed by atoms with van der Waals surface area (Å²) in [6.07, 6.45) is 3.32. The Hall–Kier alpha value is -1.59. The molecule has 0 heterocycles. The van der Waals surface area contributed by atoms with Crippen molar-refractivity contribution in [2.75, 3.05) is 39.9 Å². The molecule has 2 N–H and O–H groups in total. The molecule has 0 fully saturated rings. The molecule has 0 unspecified atom stereocenters. The van der Waals surface area contributed by atoms with E-state index in [0.29, 0.717) is 6.54 Å². The molecule has 0 bridgehead atoms. The highest BCUT2D eigenvalue weighted by Crippen LogP contribution is 2.08. The van der Waals surface area contributed by atoms with Crippen molar-refractivity contribution >= 4 is 5.96 Å². The molecule has 0 spiro atoms. The third-order valence-electron chi connectivity index (χ3n) is 4.15. The fourth-order valence-electron chi connectivity index (χ4n) is 2.49. The predicted molar refractivity (Wildman–Crippen MR) is 112 cm³/mol. The largest absolute Gasteiger partial charge is 0.381 e. The molecule has 0 atom stereocenters. The van der Waals surface area contributed by atoms with E-state index in [0.717, 1.165) is 58.2 Å². The molecule has 1 aromatic carbocycles. The van der Waals surface area contributed by atoms with Gasteiger partial charge in [0.2, 0.25) is 0 Å².